The Kier molecular flexibility index (Phi) is 46.5. The number of nitrogens with zero attached hydrogens (tertiary/aromatic N) is 5. The van der Waals surface area contributed by atoms with Gasteiger partial charge in [-0.3, -0.25) is 24.0 Å². The number of hydrogen-bond acceptors (Lipinski definition) is 5. The summed E-state index contributed by atoms with van der Waals surface area (Å²) in [5.41, 5.74) is 0. The molecule has 292 valence electrons. The molecule has 0 fully saturated rings. The van der Waals surface area contributed by atoms with Crippen LogP contribution in [0.25, 0.3) is 0 Å². The molecule has 0 saturated heterocycles. The van der Waals surface area contributed by atoms with E-state index < -0.39 is 0 Å². The van der Waals surface area contributed by atoms with Crippen molar-refractivity contribution in [3.63, 3.8) is 0 Å². The van der Waals surface area contributed by atoms with Crippen molar-refractivity contribution in [3.8, 4) is 60.7 Å². The van der Waals surface area contributed by atoms with Crippen LogP contribution in [-0.2, 0) is 24.0 Å². The SMILES string of the molecule is C#CCN(C)C(=O)CC.C#CCN(C)C(=O)CCC.C#CCN(C)C(=O)CCCC.C#CCN(C)C(=O)CCCCC.CCC(=O)N(C)CC#CCl. The highest BCUT2D eigenvalue weighted by Gasteiger charge is 2.07. The molecule has 0 unspecified atom stereocenters. The molecule has 0 aliphatic heterocycles. The van der Waals surface area contributed by atoms with Crippen LogP contribution in [0, 0.1) is 60.7 Å². The van der Waals surface area contributed by atoms with Gasteiger partial charge in [0.25, 0.3) is 0 Å². The van der Waals surface area contributed by atoms with E-state index in [4.69, 9.17) is 37.3 Å². The van der Waals surface area contributed by atoms with Crippen LogP contribution in [0.2, 0.25) is 0 Å². The lowest BCUT2D eigenvalue weighted by atomic mass is 10.2. The Balaban J connectivity index is -0.000000178. The number of terminal acetylenes is 4. The summed E-state index contributed by atoms with van der Waals surface area (Å²) in [4.78, 5) is 62.7. The second-order valence-electron chi connectivity index (χ2n) is 11.4. The van der Waals surface area contributed by atoms with E-state index >= 15 is 0 Å². The molecule has 0 aromatic carbocycles. The van der Waals surface area contributed by atoms with Crippen LogP contribution in [0.5, 0.6) is 0 Å². The number of carbonyl (C=O) groups is 5. The Morgan fingerprint density at radius 3 is 1.04 bits per heavy atom. The molecule has 0 aromatic rings. The quantitative estimate of drug-likeness (QED) is 0.157. The maximum absolute atomic E-state index is 11.2. The maximum Gasteiger partial charge on any atom is 0.223 e. The van der Waals surface area contributed by atoms with Crippen molar-refractivity contribution in [1.29, 1.82) is 0 Å². The third-order valence-corrected chi connectivity index (χ3v) is 6.77. The monoisotopic (exact) mass is 743 g/mol. The van der Waals surface area contributed by atoms with Crippen molar-refractivity contribution in [1.82, 2.24) is 24.5 Å². The molecule has 5 amide bonds. The molecule has 0 atom stereocenters. The molecule has 0 aromatic heterocycles. The Morgan fingerprint density at radius 1 is 0.442 bits per heavy atom. The average molecular weight is 744 g/mol. The molecule has 11 heteroatoms. The normalized spacial score (nSPS) is 8.52. The molecular formula is C41H66ClN5O5. The molecule has 52 heavy (non-hydrogen) atoms. The van der Waals surface area contributed by atoms with Gasteiger partial charge in [-0.2, -0.15) is 0 Å². The van der Waals surface area contributed by atoms with Crippen molar-refractivity contribution < 1.29 is 24.0 Å². The standard InChI is InChI=1S/C10H17NO.C9H15NO.C8H13NO.C7H10ClNO.C7H11NO/c1-4-6-7-8-10(12)11(3)9-5-2;1-4-6-7-9(11)10(3)8-5-2;1-4-6-8(10)9(3)7-5-2;1-3-7(10)9(2)6-4-5-8;1-4-6-8(3)7(9)5-2/h2H,4,6-9H2,1,3H3;2H,4,6-8H2,1,3H3;2H,4,6-7H2,1,3H3;3,6H2,1-2H3;1H,5-6H2,2-3H3. The first-order chi connectivity index (χ1) is 24.6. The van der Waals surface area contributed by atoms with Crippen LogP contribution in [0.15, 0.2) is 0 Å². The number of hydrogen-bond donors (Lipinski definition) is 0. The molecule has 0 spiro atoms. The summed E-state index contributed by atoms with van der Waals surface area (Å²) in [5.74, 6) is 12.9. The first-order valence-electron chi connectivity index (χ1n) is 17.6. The fourth-order valence-corrected chi connectivity index (χ4v) is 3.38. The lowest BCUT2D eigenvalue weighted by Gasteiger charge is -2.12. The van der Waals surface area contributed by atoms with E-state index in [9.17, 15) is 24.0 Å². The number of unbranched alkanes of at least 4 members (excludes halogenated alkanes) is 3. The highest BCUT2D eigenvalue weighted by molar-refractivity contribution is 6.30. The van der Waals surface area contributed by atoms with Gasteiger partial charge >= 0.3 is 0 Å². The van der Waals surface area contributed by atoms with Crippen LogP contribution in [0.1, 0.15) is 105 Å². The van der Waals surface area contributed by atoms with Crippen LogP contribution in [0.4, 0.5) is 0 Å². The van der Waals surface area contributed by atoms with Gasteiger partial charge in [0.05, 0.1) is 32.7 Å². The van der Waals surface area contributed by atoms with Gasteiger partial charge < -0.3 is 24.5 Å². The summed E-state index contributed by atoms with van der Waals surface area (Å²) in [6.45, 7) is 11.9. The van der Waals surface area contributed by atoms with Gasteiger partial charge in [-0.15, -0.1) is 25.7 Å². The summed E-state index contributed by atoms with van der Waals surface area (Å²) in [6, 6.07) is 0. The third kappa shape index (κ3) is 39.9. The van der Waals surface area contributed by atoms with Crippen molar-refractivity contribution >= 4 is 41.1 Å². The second kappa shape index (κ2) is 42.6. The van der Waals surface area contributed by atoms with E-state index in [1.165, 1.54) is 9.80 Å². The summed E-state index contributed by atoms with van der Waals surface area (Å²) in [6.07, 6.45) is 29.1. The van der Waals surface area contributed by atoms with Gasteiger partial charge in [-0.1, -0.05) is 83.5 Å². The summed E-state index contributed by atoms with van der Waals surface area (Å²) in [7, 11) is 8.60. The zero-order chi connectivity index (χ0) is 41.3. The first kappa shape index (κ1) is 56.8. The molecule has 0 N–H and O–H groups in total. The number of rotatable bonds is 16. The first-order valence-corrected chi connectivity index (χ1v) is 18.0. The Morgan fingerprint density at radius 2 is 0.750 bits per heavy atom. The highest BCUT2D eigenvalue weighted by atomic mass is 35.5. The van der Waals surface area contributed by atoms with Crippen LogP contribution in [0.3, 0.4) is 0 Å². The fraction of sp³-hybridized carbons (Fsp3) is 0.634. The van der Waals surface area contributed by atoms with Crippen molar-refractivity contribution in [3.05, 3.63) is 0 Å². The summed E-state index contributed by atoms with van der Waals surface area (Å²) >= 11 is 5.09. The molecule has 0 rings (SSSR count). The largest absolute Gasteiger partial charge is 0.335 e. The number of carbonyl (C=O) groups excluding carboxylic acids is 5. The lowest BCUT2D eigenvalue weighted by molar-refractivity contribution is -0.130. The van der Waals surface area contributed by atoms with Gasteiger partial charge in [-0.05, 0) is 30.9 Å². The van der Waals surface area contributed by atoms with Crippen molar-refractivity contribution in [2.75, 3.05) is 68.0 Å². The van der Waals surface area contributed by atoms with E-state index in [-0.39, 0.29) is 29.5 Å². The average Bonchev–Trinajstić information content (AvgIpc) is 3.13. The lowest BCUT2D eigenvalue weighted by Crippen LogP contribution is -2.26. The van der Waals surface area contributed by atoms with Crippen molar-refractivity contribution in [2.24, 2.45) is 0 Å². The topological polar surface area (TPSA) is 102 Å². The van der Waals surface area contributed by atoms with Gasteiger partial charge in [0, 0.05) is 72.7 Å². The molecule has 0 radical (unpaired) electrons. The van der Waals surface area contributed by atoms with E-state index in [0.29, 0.717) is 64.8 Å². The zero-order valence-corrected chi connectivity index (χ0v) is 34.5. The predicted molar refractivity (Wildman–Crippen MR) is 216 cm³/mol. The Hall–Kier alpha value is -4.56. The molecule has 0 saturated carbocycles. The number of halogens is 1. The van der Waals surface area contributed by atoms with Crippen LogP contribution >= 0.6 is 11.6 Å². The Bertz CT molecular complexity index is 1210. The zero-order valence-electron chi connectivity index (χ0n) is 33.8. The van der Waals surface area contributed by atoms with Gasteiger partial charge in [-0.25, -0.2) is 0 Å². The summed E-state index contributed by atoms with van der Waals surface area (Å²) in [5, 5.41) is 2.21. The predicted octanol–water partition coefficient (Wildman–Crippen LogP) is 5.35. The van der Waals surface area contributed by atoms with E-state index in [1.807, 2.05) is 20.8 Å². The van der Waals surface area contributed by atoms with Gasteiger partial charge in [0.1, 0.15) is 0 Å². The third-order valence-electron chi connectivity index (χ3n) is 6.63. The molecule has 0 bridgehead atoms. The molecule has 10 nitrogen and oxygen atoms in total. The minimum Gasteiger partial charge on any atom is -0.335 e. The number of amides is 5. The van der Waals surface area contributed by atoms with E-state index in [1.54, 1.807) is 49.9 Å². The molecule has 0 aliphatic carbocycles. The van der Waals surface area contributed by atoms with Crippen LogP contribution < -0.4 is 0 Å². The van der Waals surface area contributed by atoms with E-state index in [0.717, 1.165) is 38.5 Å². The smallest absolute Gasteiger partial charge is 0.223 e. The van der Waals surface area contributed by atoms with Gasteiger partial charge in [0.15, 0.2) is 0 Å². The molecular weight excluding hydrogens is 678 g/mol. The van der Waals surface area contributed by atoms with Crippen molar-refractivity contribution in [2.45, 2.75) is 105 Å². The minimum atomic E-state index is 0.0828. The fourth-order valence-electron chi connectivity index (χ4n) is 3.32. The highest BCUT2D eigenvalue weighted by Crippen LogP contribution is 2.01. The minimum absolute atomic E-state index is 0.0828. The van der Waals surface area contributed by atoms with Gasteiger partial charge in [0.2, 0.25) is 29.5 Å². The van der Waals surface area contributed by atoms with Crippen LogP contribution in [-0.4, -0.2) is 122 Å². The molecule has 0 heterocycles. The Labute approximate surface area is 322 Å². The summed E-state index contributed by atoms with van der Waals surface area (Å²) < 4.78 is 0. The van der Waals surface area contributed by atoms with E-state index in [2.05, 4.69) is 48.8 Å². The maximum atomic E-state index is 11.2. The second-order valence-corrected chi connectivity index (χ2v) is 11.5. The molecule has 0 aliphatic rings.